The first-order valence-electron chi connectivity index (χ1n) is 5.55. The lowest BCUT2D eigenvalue weighted by Gasteiger charge is -2.20. The zero-order valence-electron chi connectivity index (χ0n) is 9.82. The van der Waals surface area contributed by atoms with Crippen LogP contribution in [0.3, 0.4) is 0 Å². The van der Waals surface area contributed by atoms with E-state index in [2.05, 4.69) is 32.1 Å². The highest BCUT2D eigenvalue weighted by molar-refractivity contribution is 7.80. The smallest absolute Gasteiger partial charge is 0.0614 e. The van der Waals surface area contributed by atoms with Crippen LogP contribution in [0.4, 0.5) is 0 Å². The first kappa shape index (κ1) is 12.6. The minimum atomic E-state index is 0.306. The number of hydrogen-bond acceptors (Lipinski definition) is 2. The number of rotatable bonds is 5. The molecular formula is C13H20OS. The molecule has 2 heteroatoms. The lowest BCUT2D eigenvalue weighted by molar-refractivity contribution is 0.0858. The summed E-state index contributed by atoms with van der Waals surface area (Å²) in [6, 6.07) is 0. The summed E-state index contributed by atoms with van der Waals surface area (Å²) in [5.41, 5.74) is 1.28. The van der Waals surface area contributed by atoms with Crippen LogP contribution in [-0.2, 0) is 4.74 Å². The third-order valence-corrected chi connectivity index (χ3v) is 3.04. The Bertz CT molecular complexity index is 276. The SMILES string of the molecule is COC(CC1=CC=CCC1=S)CC(C)C. The van der Waals surface area contributed by atoms with Gasteiger partial charge in [-0.05, 0) is 24.3 Å². The maximum atomic E-state index is 5.49. The van der Waals surface area contributed by atoms with Crippen LogP contribution in [0.2, 0.25) is 0 Å². The molecule has 0 N–H and O–H groups in total. The fourth-order valence-electron chi connectivity index (χ4n) is 1.80. The van der Waals surface area contributed by atoms with E-state index in [0.717, 1.165) is 24.1 Å². The second-order valence-corrected chi connectivity index (χ2v) is 4.93. The lowest BCUT2D eigenvalue weighted by atomic mass is 9.95. The summed E-state index contributed by atoms with van der Waals surface area (Å²) in [7, 11) is 1.79. The van der Waals surface area contributed by atoms with Crippen LogP contribution in [-0.4, -0.2) is 18.1 Å². The lowest BCUT2D eigenvalue weighted by Crippen LogP contribution is -2.17. The molecule has 0 spiro atoms. The van der Waals surface area contributed by atoms with E-state index in [-0.39, 0.29) is 0 Å². The van der Waals surface area contributed by atoms with E-state index in [1.165, 1.54) is 5.57 Å². The minimum Gasteiger partial charge on any atom is -0.381 e. The van der Waals surface area contributed by atoms with Crippen molar-refractivity contribution in [2.24, 2.45) is 5.92 Å². The average molecular weight is 224 g/mol. The quantitative estimate of drug-likeness (QED) is 0.659. The van der Waals surface area contributed by atoms with E-state index in [1.54, 1.807) is 7.11 Å². The molecular weight excluding hydrogens is 204 g/mol. The van der Waals surface area contributed by atoms with Gasteiger partial charge < -0.3 is 4.74 Å². The zero-order chi connectivity index (χ0) is 11.3. The van der Waals surface area contributed by atoms with Crippen LogP contribution in [0.15, 0.2) is 23.8 Å². The summed E-state index contributed by atoms with van der Waals surface area (Å²) in [5, 5.41) is 0. The molecule has 1 atom stereocenters. The molecule has 1 rings (SSSR count). The number of allylic oxidation sites excluding steroid dienone is 3. The van der Waals surface area contributed by atoms with Gasteiger partial charge in [-0.15, -0.1) is 0 Å². The van der Waals surface area contributed by atoms with Gasteiger partial charge in [0.25, 0.3) is 0 Å². The Morgan fingerprint density at radius 2 is 2.20 bits per heavy atom. The molecule has 0 bridgehead atoms. The van der Waals surface area contributed by atoms with E-state index >= 15 is 0 Å². The first-order chi connectivity index (χ1) is 7.13. The maximum Gasteiger partial charge on any atom is 0.0614 e. The van der Waals surface area contributed by atoms with Gasteiger partial charge >= 0.3 is 0 Å². The van der Waals surface area contributed by atoms with E-state index in [9.17, 15) is 0 Å². The van der Waals surface area contributed by atoms with Gasteiger partial charge in [-0.25, -0.2) is 0 Å². The maximum absolute atomic E-state index is 5.49. The predicted octanol–water partition coefficient (Wildman–Crippen LogP) is 3.69. The molecule has 0 aromatic rings. The fourth-order valence-corrected chi connectivity index (χ4v) is 2.05. The van der Waals surface area contributed by atoms with Crippen molar-refractivity contribution in [3.05, 3.63) is 23.8 Å². The third kappa shape index (κ3) is 4.27. The van der Waals surface area contributed by atoms with E-state index in [0.29, 0.717) is 12.0 Å². The largest absolute Gasteiger partial charge is 0.381 e. The van der Waals surface area contributed by atoms with E-state index < -0.39 is 0 Å². The summed E-state index contributed by atoms with van der Waals surface area (Å²) in [5.74, 6) is 0.670. The summed E-state index contributed by atoms with van der Waals surface area (Å²) in [4.78, 5) is 1.07. The second-order valence-electron chi connectivity index (χ2n) is 4.44. The molecule has 0 fully saturated rings. The van der Waals surface area contributed by atoms with Crippen molar-refractivity contribution in [2.75, 3.05) is 7.11 Å². The molecule has 1 aliphatic carbocycles. The van der Waals surface area contributed by atoms with Crippen molar-refractivity contribution in [3.8, 4) is 0 Å². The average Bonchev–Trinajstić information content (AvgIpc) is 2.19. The minimum absolute atomic E-state index is 0.306. The van der Waals surface area contributed by atoms with Gasteiger partial charge in [-0.1, -0.05) is 44.3 Å². The van der Waals surface area contributed by atoms with E-state index in [4.69, 9.17) is 17.0 Å². The summed E-state index contributed by atoms with van der Waals surface area (Å²) < 4.78 is 5.49. The molecule has 0 aromatic heterocycles. The van der Waals surface area contributed by atoms with Gasteiger partial charge in [0.1, 0.15) is 0 Å². The predicted molar refractivity (Wildman–Crippen MR) is 69.3 cm³/mol. The highest BCUT2D eigenvalue weighted by Gasteiger charge is 2.15. The van der Waals surface area contributed by atoms with Crippen molar-refractivity contribution < 1.29 is 4.74 Å². The Labute approximate surface area is 98.2 Å². The van der Waals surface area contributed by atoms with Gasteiger partial charge in [0.05, 0.1) is 6.10 Å². The molecule has 0 aliphatic heterocycles. The van der Waals surface area contributed by atoms with Crippen LogP contribution in [0, 0.1) is 5.92 Å². The van der Waals surface area contributed by atoms with Gasteiger partial charge in [0.2, 0.25) is 0 Å². The molecule has 0 heterocycles. The number of ether oxygens (including phenoxy) is 1. The zero-order valence-corrected chi connectivity index (χ0v) is 10.6. The second kappa shape index (κ2) is 6.19. The van der Waals surface area contributed by atoms with Crippen LogP contribution < -0.4 is 0 Å². The van der Waals surface area contributed by atoms with Crippen LogP contribution in [0.25, 0.3) is 0 Å². The highest BCUT2D eigenvalue weighted by Crippen LogP contribution is 2.20. The molecule has 0 saturated heterocycles. The van der Waals surface area contributed by atoms with E-state index in [1.807, 2.05) is 0 Å². The topological polar surface area (TPSA) is 9.23 Å². The third-order valence-electron chi connectivity index (χ3n) is 2.61. The Hall–Kier alpha value is -0.470. The molecule has 1 aliphatic rings. The van der Waals surface area contributed by atoms with Crippen molar-refractivity contribution in [1.29, 1.82) is 0 Å². The Kier molecular flexibility index (Phi) is 5.20. The molecule has 15 heavy (non-hydrogen) atoms. The summed E-state index contributed by atoms with van der Waals surface area (Å²) >= 11 is 5.33. The van der Waals surface area contributed by atoms with Gasteiger partial charge in [0, 0.05) is 18.4 Å². The molecule has 0 aromatic carbocycles. The molecule has 0 radical (unpaired) electrons. The van der Waals surface area contributed by atoms with Crippen LogP contribution in [0.1, 0.15) is 33.1 Å². The highest BCUT2D eigenvalue weighted by atomic mass is 32.1. The number of thiocarbonyl (C=S) groups is 1. The standard InChI is InChI=1S/C13H20OS/c1-10(2)8-12(14-3)9-11-6-4-5-7-13(11)15/h4-6,10,12H,7-9H2,1-3H3. The Morgan fingerprint density at radius 3 is 2.73 bits per heavy atom. The molecule has 84 valence electrons. The summed E-state index contributed by atoms with van der Waals surface area (Å²) in [6.45, 7) is 4.44. The first-order valence-corrected chi connectivity index (χ1v) is 5.96. The number of methoxy groups -OCH3 is 1. The van der Waals surface area contributed by atoms with Gasteiger partial charge in [-0.2, -0.15) is 0 Å². The Balaban J connectivity index is 2.54. The van der Waals surface area contributed by atoms with Gasteiger partial charge in [-0.3, -0.25) is 0 Å². The normalized spacial score (nSPS) is 18.1. The van der Waals surface area contributed by atoms with Crippen LogP contribution in [0.5, 0.6) is 0 Å². The van der Waals surface area contributed by atoms with Crippen molar-refractivity contribution >= 4 is 17.1 Å². The monoisotopic (exact) mass is 224 g/mol. The molecule has 1 nitrogen and oxygen atoms in total. The molecule has 1 unspecified atom stereocenters. The number of hydrogen-bond donors (Lipinski definition) is 0. The molecule has 0 saturated carbocycles. The summed E-state index contributed by atoms with van der Waals surface area (Å²) in [6.07, 6.45) is 9.60. The Morgan fingerprint density at radius 1 is 1.47 bits per heavy atom. The fraction of sp³-hybridized carbons (Fsp3) is 0.615. The van der Waals surface area contributed by atoms with Gasteiger partial charge in [0.15, 0.2) is 0 Å². The van der Waals surface area contributed by atoms with Crippen molar-refractivity contribution in [2.45, 2.75) is 39.2 Å². The van der Waals surface area contributed by atoms with Crippen molar-refractivity contribution in [1.82, 2.24) is 0 Å². The van der Waals surface area contributed by atoms with Crippen LogP contribution >= 0.6 is 12.2 Å². The van der Waals surface area contributed by atoms with Crippen molar-refractivity contribution in [3.63, 3.8) is 0 Å². The molecule has 0 amide bonds.